The van der Waals surface area contributed by atoms with Gasteiger partial charge in [0.05, 0.1) is 26.2 Å². The number of nitrogens with zero attached hydrogens (tertiary/aromatic N) is 1. The van der Waals surface area contributed by atoms with Gasteiger partial charge in [-0.1, -0.05) is 53.5 Å². The monoisotopic (exact) mass is 491 g/mol. The first kappa shape index (κ1) is 24.1. The minimum atomic E-state index is -3.70. The number of hydrogen-bond acceptors (Lipinski definition) is 4. The average Bonchev–Trinajstić information content (AvgIpc) is 2.76. The third kappa shape index (κ3) is 5.42. The molecule has 0 aliphatic carbocycles. The summed E-state index contributed by atoms with van der Waals surface area (Å²) in [7, 11) is -0.871. The van der Waals surface area contributed by atoms with Crippen LogP contribution in [0.1, 0.15) is 28.9 Å². The predicted molar refractivity (Wildman–Crippen MR) is 130 cm³/mol. The summed E-state index contributed by atoms with van der Waals surface area (Å²) in [4.78, 5) is 12.8. The number of carbonyl (C=O) groups excluding carboxylic acids is 1. The number of sulfonamides is 1. The standard InChI is InChI=1S/C23H23Cl2N3O3S/c1-15(16-7-5-4-6-8-16)26-22-12-9-17(13-21(22)25)27-23(29)19-14-18(10-11-20(19)24)32(30,31)28(2)3/h4-15,26H,1-3H3,(H,27,29). The van der Waals surface area contributed by atoms with Gasteiger partial charge in [0.2, 0.25) is 10.0 Å². The number of anilines is 2. The molecule has 0 aliphatic rings. The SMILES string of the molecule is CC(Nc1ccc(NC(=O)c2cc(S(=O)(=O)N(C)C)ccc2Cl)cc1Cl)c1ccccc1. The van der Waals surface area contributed by atoms with E-state index >= 15 is 0 Å². The first-order chi connectivity index (χ1) is 15.1. The van der Waals surface area contributed by atoms with Crippen molar-refractivity contribution in [3.8, 4) is 0 Å². The second kappa shape index (κ2) is 9.92. The zero-order valence-electron chi connectivity index (χ0n) is 17.8. The van der Waals surface area contributed by atoms with Gasteiger partial charge in [-0.05, 0) is 48.9 Å². The van der Waals surface area contributed by atoms with E-state index in [2.05, 4.69) is 10.6 Å². The molecule has 0 fully saturated rings. The fourth-order valence-electron chi connectivity index (χ4n) is 3.02. The number of benzene rings is 3. The molecule has 0 aromatic heterocycles. The molecule has 0 radical (unpaired) electrons. The molecule has 0 aliphatic heterocycles. The quantitative estimate of drug-likeness (QED) is 0.446. The van der Waals surface area contributed by atoms with Crippen molar-refractivity contribution < 1.29 is 13.2 Å². The fourth-order valence-corrected chi connectivity index (χ4v) is 4.38. The normalized spacial score (nSPS) is 12.4. The van der Waals surface area contributed by atoms with Gasteiger partial charge in [-0.25, -0.2) is 12.7 Å². The lowest BCUT2D eigenvalue weighted by Gasteiger charge is -2.17. The van der Waals surface area contributed by atoms with E-state index in [-0.39, 0.29) is 21.5 Å². The second-order valence-corrected chi connectivity index (χ2v) is 10.3. The first-order valence-corrected chi connectivity index (χ1v) is 11.9. The van der Waals surface area contributed by atoms with E-state index in [4.69, 9.17) is 23.2 Å². The van der Waals surface area contributed by atoms with Crippen molar-refractivity contribution in [1.29, 1.82) is 0 Å². The van der Waals surface area contributed by atoms with E-state index in [9.17, 15) is 13.2 Å². The van der Waals surface area contributed by atoms with Crippen LogP contribution in [-0.2, 0) is 10.0 Å². The van der Waals surface area contributed by atoms with Crippen molar-refractivity contribution in [3.05, 3.63) is 87.9 Å². The summed E-state index contributed by atoms with van der Waals surface area (Å²) in [6.07, 6.45) is 0. The van der Waals surface area contributed by atoms with Crippen molar-refractivity contribution in [2.75, 3.05) is 24.7 Å². The molecule has 2 N–H and O–H groups in total. The molecule has 9 heteroatoms. The van der Waals surface area contributed by atoms with Crippen LogP contribution in [0, 0.1) is 0 Å². The van der Waals surface area contributed by atoms with Gasteiger partial charge < -0.3 is 10.6 Å². The number of halogens is 2. The summed E-state index contributed by atoms with van der Waals surface area (Å²) in [6.45, 7) is 2.03. The Morgan fingerprint density at radius 2 is 1.62 bits per heavy atom. The minimum Gasteiger partial charge on any atom is -0.377 e. The third-order valence-corrected chi connectivity index (χ3v) is 7.31. The summed E-state index contributed by atoms with van der Waals surface area (Å²) in [5.74, 6) is -0.541. The average molecular weight is 492 g/mol. The van der Waals surface area contributed by atoms with Crippen LogP contribution in [0.25, 0.3) is 0 Å². The Bertz CT molecular complexity index is 1230. The number of hydrogen-bond donors (Lipinski definition) is 2. The van der Waals surface area contributed by atoms with E-state index in [1.54, 1.807) is 18.2 Å². The second-order valence-electron chi connectivity index (χ2n) is 7.35. The van der Waals surface area contributed by atoms with Crippen molar-refractivity contribution in [1.82, 2.24) is 4.31 Å². The lowest BCUT2D eigenvalue weighted by atomic mass is 10.1. The van der Waals surface area contributed by atoms with Crippen molar-refractivity contribution in [2.24, 2.45) is 0 Å². The van der Waals surface area contributed by atoms with E-state index in [1.165, 1.54) is 32.3 Å². The van der Waals surface area contributed by atoms with Crippen LogP contribution in [0.4, 0.5) is 11.4 Å². The fraction of sp³-hybridized carbons (Fsp3) is 0.174. The molecule has 0 bridgehead atoms. The molecule has 1 unspecified atom stereocenters. The Kier molecular flexibility index (Phi) is 7.46. The highest BCUT2D eigenvalue weighted by Crippen LogP contribution is 2.30. The van der Waals surface area contributed by atoms with Gasteiger partial charge in [0, 0.05) is 25.8 Å². The molecule has 0 saturated heterocycles. The molecule has 6 nitrogen and oxygen atoms in total. The highest BCUT2D eigenvalue weighted by molar-refractivity contribution is 7.89. The summed E-state index contributed by atoms with van der Waals surface area (Å²) < 4.78 is 25.8. The van der Waals surface area contributed by atoms with Crippen LogP contribution in [0.2, 0.25) is 10.0 Å². The van der Waals surface area contributed by atoms with Crippen LogP contribution >= 0.6 is 23.2 Å². The largest absolute Gasteiger partial charge is 0.377 e. The molecule has 3 aromatic rings. The van der Waals surface area contributed by atoms with Gasteiger partial charge in [-0.2, -0.15) is 0 Å². The number of carbonyl (C=O) groups is 1. The van der Waals surface area contributed by atoms with Crippen molar-refractivity contribution >= 4 is 50.5 Å². The molecule has 3 aromatic carbocycles. The van der Waals surface area contributed by atoms with E-state index < -0.39 is 15.9 Å². The van der Waals surface area contributed by atoms with E-state index in [1.807, 2.05) is 37.3 Å². The Balaban J connectivity index is 1.78. The maximum absolute atomic E-state index is 12.8. The summed E-state index contributed by atoms with van der Waals surface area (Å²) in [5, 5.41) is 6.63. The van der Waals surface area contributed by atoms with Gasteiger partial charge in [0.1, 0.15) is 0 Å². The number of nitrogens with one attached hydrogen (secondary N) is 2. The third-order valence-electron chi connectivity index (χ3n) is 4.86. The molecule has 32 heavy (non-hydrogen) atoms. The summed E-state index contributed by atoms with van der Waals surface area (Å²) in [6, 6.07) is 19.1. The molecular weight excluding hydrogens is 469 g/mol. The van der Waals surface area contributed by atoms with Crippen molar-refractivity contribution in [3.63, 3.8) is 0 Å². The molecular formula is C23H23Cl2N3O3S. The molecule has 168 valence electrons. The predicted octanol–water partition coefficient (Wildman–Crippen LogP) is 5.67. The molecule has 3 rings (SSSR count). The van der Waals surface area contributed by atoms with Crippen LogP contribution in [0.15, 0.2) is 71.6 Å². The van der Waals surface area contributed by atoms with Crippen LogP contribution in [0.3, 0.4) is 0 Å². The van der Waals surface area contributed by atoms with Crippen molar-refractivity contribution in [2.45, 2.75) is 17.9 Å². The van der Waals surface area contributed by atoms with Gasteiger partial charge in [-0.15, -0.1) is 0 Å². The zero-order chi connectivity index (χ0) is 23.5. The van der Waals surface area contributed by atoms with E-state index in [0.29, 0.717) is 10.7 Å². The first-order valence-electron chi connectivity index (χ1n) is 9.74. The van der Waals surface area contributed by atoms with E-state index in [0.717, 1.165) is 15.6 Å². The van der Waals surface area contributed by atoms with Gasteiger partial charge >= 0.3 is 0 Å². The van der Waals surface area contributed by atoms with Gasteiger partial charge in [0.15, 0.2) is 0 Å². The maximum Gasteiger partial charge on any atom is 0.257 e. The highest BCUT2D eigenvalue weighted by atomic mass is 35.5. The molecule has 0 spiro atoms. The summed E-state index contributed by atoms with van der Waals surface area (Å²) in [5.41, 5.74) is 2.33. The topological polar surface area (TPSA) is 78.5 Å². The summed E-state index contributed by atoms with van der Waals surface area (Å²) >= 11 is 12.6. The van der Waals surface area contributed by atoms with Gasteiger partial charge in [0.25, 0.3) is 5.91 Å². The minimum absolute atomic E-state index is 0.0236. The van der Waals surface area contributed by atoms with Crippen LogP contribution < -0.4 is 10.6 Å². The molecule has 0 heterocycles. The van der Waals surface area contributed by atoms with Gasteiger partial charge in [-0.3, -0.25) is 4.79 Å². The van der Waals surface area contributed by atoms with Crippen LogP contribution in [0.5, 0.6) is 0 Å². The number of rotatable bonds is 7. The Hall–Kier alpha value is -2.58. The van der Waals surface area contributed by atoms with Crippen LogP contribution in [-0.4, -0.2) is 32.7 Å². The Labute approximate surface area is 198 Å². The maximum atomic E-state index is 12.8. The number of amides is 1. The Morgan fingerprint density at radius 1 is 0.938 bits per heavy atom. The highest BCUT2D eigenvalue weighted by Gasteiger charge is 2.21. The smallest absolute Gasteiger partial charge is 0.257 e. The lowest BCUT2D eigenvalue weighted by Crippen LogP contribution is -2.23. The molecule has 1 atom stereocenters. The molecule has 0 saturated carbocycles. The zero-order valence-corrected chi connectivity index (χ0v) is 20.1. The lowest BCUT2D eigenvalue weighted by molar-refractivity contribution is 0.102. The molecule has 1 amide bonds. The Morgan fingerprint density at radius 3 is 2.25 bits per heavy atom.